The number of methoxy groups -OCH3 is 2. The van der Waals surface area contributed by atoms with Crippen LogP contribution in [0.2, 0.25) is 0 Å². The van der Waals surface area contributed by atoms with Crippen LogP contribution in [-0.2, 0) is 0 Å². The van der Waals surface area contributed by atoms with Crippen LogP contribution in [0, 0.1) is 5.92 Å². The van der Waals surface area contributed by atoms with Gasteiger partial charge in [0.1, 0.15) is 0 Å². The first-order valence-electron chi connectivity index (χ1n) is 6.06. The van der Waals surface area contributed by atoms with Crippen LogP contribution >= 0.6 is 11.8 Å². The second kappa shape index (κ2) is 7.54. The minimum atomic E-state index is 0.331. The van der Waals surface area contributed by atoms with Gasteiger partial charge in [0.2, 0.25) is 0 Å². The molecule has 0 saturated carbocycles. The Morgan fingerprint density at radius 2 is 1.89 bits per heavy atom. The van der Waals surface area contributed by atoms with Crippen molar-refractivity contribution in [2.75, 3.05) is 33.3 Å². The SMILES string of the molecule is CNC(c1ccc(OC)c(OC)c1)C(C)CSC. The topological polar surface area (TPSA) is 30.5 Å². The van der Waals surface area contributed by atoms with E-state index in [-0.39, 0.29) is 0 Å². The predicted octanol–water partition coefficient (Wildman–Crippen LogP) is 2.96. The van der Waals surface area contributed by atoms with E-state index in [0.29, 0.717) is 12.0 Å². The summed E-state index contributed by atoms with van der Waals surface area (Å²) in [5.41, 5.74) is 1.23. The van der Waals surface area contributed by atoms with Gasteiger partial charge in [0, 0.05) is 6.04 Å². The fraction of sp³-hybridized carbons (Fsp3) is 0.571. The lowest BCUT2D eigenvalue weighted by Crippen LogP contribution is -2.24. The Hall–Kier alpha value is -0.870. The van der Waals surface area contributed by atoms with E-state index < -0.39 is 0 Å². The van der Waals surface area contributed by atoms with Crippen LogP contribution in [0.25, 0.3) is 0 Å². The number of thioether (sulfide) groups is 1. The molecule has 2 atom stereocenters. The third kappa shape index (κ3) is 3.56. The Balaban J connectivity index is 2.99. The van der Waals surface area contributed by atoms with Gasteiger partial charge in [-0.2, -0.15) is 11.8 Å². The Bertz CT molecular complexity index is 371. The van der Waals surface area contributed by atoms with E-state index in [1.54, 1.807) is 14.2 Å². The maximum atomic E-state index is 5.35. The van der Waals surface area contributed by atoms with E-state index in [1.165, 1.54) is 5.56 Å². The van der Waals surface area contributed by atoms with Crippen LogP contribution in [-0.4, -0.2) is 33.3 Å². The molecule has 102 valence electrons. The summed E-state index contributed by atoms with van der Waals surface area (Å²) in [5, 5.41) is 3.38. The van der Waals surface area contributed by atoms with Gasteiger partial charge in [0.25, 0.3) is 0 Å². The third-order valence-corrected chi connectivity index (χ3v) is 3.94. The van der Waals surface area contributed by atoms with Crippen molar-refractivity contribution in [1.82, 2.24) is 5.32 Å². The maximum absolute atomic E-state index is 5.35. The lowest BCUT2D eigenvalue weighted by Gasteiger charge is -2.24. The van der Waals surface area contributed by atoms with Crippen molar-refractivity contribution in [3.05, 3.63) is 23.8 Å². The number of hydrogen-bond acceptors (Lipinski definition) is 4. The molecule has 0 saturated heterocycles. The van der Waals surface area contributed by atoms with E-state index in [2.05, 4.69) is 30.6 Å². The summed E-state index contributed by atoms with van der Waals surface area (Å²) in [4.78, 5) is 0. The first-order valence-corrected chi connectivity index (χ1v) is 7.45. The number of benzene rings is 1. The standard InChI is InChI=1S/C14H23NO2S/c1-10(9-18-5)14(15-2)11-6-7-12(16-3)13(8-11)17-4/h6-8,10,14-15H,9H2,1-5H3. The minimum absolute atomic E-state index is 0.331. The van der Waals surface area contributed by atoms with Crippen molar-refractivity contribution < 1.29 is 9.47 Å². The van der Waals surface area contributed by atoms with Crippen LogP contribution in [0.4, 0.5) is 0 Å². The number of ether oxygens (including phenoxy) is 2. The van der Waals surface area contributed by atoms with Gasteiger partial charge in [-0.15, -0.1) is 0 Å². The van der Waals surface area contributed by atoms with Crippen LogP contribution in [0.1, 0.15) is 18.5 Å². The van der Waals surface area contributed by atoms with Gasteiger partial charge < -0.3 is 14.8 Å². The van der Waals surface area contributed by atoms with Gasteiger partial charge in [-0.05, 0) is 42.7 Å². The molecule has 0 radical (unpaired) electrons. The summed E-state index contributed by atoms with van der Waals surface area (Å²) in [6.45, 7) is 2.26. The number of nitrogens with one attached hydrogen (secondary N) is 1. The zero-order valence-electron chi connectivity index (χ0n) is 11.8. The smallest absolute Gasteiger partial charge is 0.161 e. The quantitative estimate of drug-likeness (QED) is 0.824. The molecule has 2 unspecified atom stereocenters. The molecule has 0 heterocycles. The summed E-state index contributed by atoms with van der Waals surface area (Å²) in [6.07, 6.45) is 2.14. The van der Waals surface area contributed by atoms with E-state index in [4.69, 9.17) is 9.47 Å². The van der Waals surface area contributed by atoms with E-state index in [9.17, 15) is 0 Å². The molecular formula is C14H23NO2S. The Morgan fingerprint density at radius 3 is 2.39 bits per heavy atom. The van der Waals surface area contributed by atoms with Gasteiger partial charge in [0.05, 0.1) is 14.2 Å². The maximum Gasteiger partial charge on any atom is 0.161 e. The van der Waals surface area contributed by atoms with E-state index in [0.717, 1.165) is 17.3 Å². The summed E-state index contributed by atoms with van der Waals surface area (Å²) in [6, 6.07) is 6.44. The largest absolute Gasteiger partial charge is 0.493 e. The highest BCUT2D eigenvalue weighted by Crippen LogP contribution is 2.32. The van der Waals surface area contributed by atoms with Crippen LogP contribution in [0.3, 0.4) is 0 Å². The lowest BCUT2D eigenvalue weighted by molar-refractivity contribution is 0.352. The molecule has 18 heavy (non-hydrogen) atoms. The van der Waals surface area contributed by atoms with E-state index >= 15 is 0 Å². The zero-order chi connectivity index (χ0) is 13.5. The second-order valence-corrected chi connectivity index (χ2v) is 5.22. The fourth-order valence-corrected chi connectivity index (χ4v) is 2.90. The van der Waals surface area contributed by atoms with Gasteiger partial charge >= 0.3 is 0 Å². The predicted molar refractivity (Wildman–Crippen MR) is 78.9 cm³/mol. The number of hydrogen-bond donors (Lipinski definition) is 1. The second-order valence-electron chi connectivity index (χ2n) is 4.31. The highest BCUT2D eigenvalue weighted by atomic mass is 32.2. The van der Waals surface area contributed by atoms with Gasteiger partial charge in [0.15, 0.2) is 11.5 Å². The average molecular weight is 269 g/mol. The van der Waals surface area contributed by atoms with Crippen molar-refractivity contribution in [2.45, 2.75) is 13.0 Å². The van der Waals surface area contributed by atoms with Gasteiger partial charge in [-0.25, -0.2) is 0 Å². The highest BCUT2D eigenvalue weighted by Gasteiger charge is 2.18. The molecule has 1 aromatic carbocycles. The molecule has 0 aromatic heterocycles. The first-order chi connectivity index (χ1) is 8.67. The molecule has 3 nitrogen and oxygen atoms in total. The molecular weight excluding hydrogens is 246 g/mol. The van der Waals surface area contributed by atoms with Crippen molar-refractivity contribution in [1.29, 1.82) is 0 Å². The Kier molecular flexibility index (Phi) is 6.36. The summed E-state index contributed by atoms with van der Waals surface area (Å²) in [5.74, 6) is 3.24. The highest BCUT2D eigenvalue weighted by molar-refractivity contribution is 7.98. The average Bonchev–Trinajstić information content (AvgIpc) is 2.39. The molecule has 0 spiro atoms. The number of rotatable bonds is 7. The molecule has 0 aliphatic carbocycles. The Morgan fingerprint density at radius 1 is 1.22 bits per heavy atom. The first kappa shape index (κ1) is 15.2. The summed E-state index contributed by atoms with van der Waals surface area (Å²) >= 11 is 1.87. The van der Waals surface area contributed by atoms with Crippen molar-refractivity contribution >= 4 is 11.8 Å². The lowest BCUT2D eigenvalue weighted by atomic mass is 9.96. The van der Waals surface area contributed by atoms with Gasteiger partial charge in [-0.1, -0.05) is 13.0 Å². The third-order valence-electron chi connectivity index (χ3n) is 3.08. The fourth-order valence-electron chi connectivity index (χ4n) is 2.19. The summed E-state index contributed by atoms with van der Waals surface area (Å²) in [7, 11) is 5.32. The van der Waals surface area contributed by atoms with Crippen LogP contribution < -0.4 is 14.8 Å². The molecule has 1 N–H and O–H groups in total. The monoisotopic (exact) mass is 269 g/mol. The molecule has 0 aliphatic heterocycles. The van der Waals surface area contributed by atoms with Gasteiger partial charge in [-0.3, -0.25) is 0 Å². The van der Waals surface area contributed by atoms with Crippen molar-refractivity contribution in [2.24, 2.45) is 5.92 Å². The van der Waals surface area contributed by atoms with E-state index in [1.807, 2.05) is 24.9 Å². The zero-order valence-corrected chi connectivity index (χ0v) is 12.6. The normalized spacial score (nSPS) is 14.1. The molecule has 1 aromatic rings. The molecule has 0 amide bonds. The van der Waals surface area contributed by atoms with Crippen LogP contribution in [0.15, 0.2) is 18.2 Å². The molecule has 1 rings (SSSR count). The van der Waals surface area contributed by atoms with Crippen LogP contribution in [0.5, 0.6) is 11.5 Å². The molecule has 0 fully saturated rings. The van der Waals surface area contributed by atoms with Crippen molar-refractivity contribution in [3.8, 4) is 11.5 Å². The molecule has 0 bridgehead atoms. The minimum Gasteiger partial charge on any atom is -0.493 e. The Labute approximate surface area is 114 Å². The molecule has 0 aliphatic rings. The summed E-state index contributed by atoms with van der Waals surface area (Å²) < 4.78 is 10.6. The van der Waals surface area contributed by atoms with Crippen molar-refractivity contribution in [3.63, 3.8) is 0 Å². The molecule has 4 heteroatoms.